The lowest BCUT2D eigenvalue weighted by Crippen LogP contribution is -2.41. The number of rotatable bonds is 7. The molecule has 0 aliphatic heterocycles. The van der Waals surface area contributed by atoms with Gasteiger partial charge in [-0.3, -0.25) is 4.79 Å². The first-order valence-corrected chi connectivity index (χ1v) is 8.08. The standard InChI is InChI=1S/C11H20N4O2S2/c1-4-13-11-15-9(12)8(19-11)10(17)14-6(2)7(5-16)18-3/h6-7,16H,4-5,12H2,1-3H3,(H,13,15)(H,14,17). The number of carbonyl (C=O) groups is 1. The number of thiazole rings is 1. The van der Waals surface area contributed by atoms with Crippen molar-refractivity contribution in [2.24, 2.45) is 0 Å². The normalized spacial score (nSPS) is 13.9. The van der Waals surface area contributed by atoms with E-state index in [1.807, 2.05) is 20.1 Å². The second kappa shape index (κ2) is 7.56. The highest BCUT2D eigenvalue weighted by atomic mass is 32.2. The number of thioether (sulfide) groups is 1. The molecule has 0 aliphatic rings. The van der Waals surface area contributed by atoms with Crippen LogP contribution in [0.15, 0.2) is 0 Å². The maximum Gasteiger partial charge on any atom is 0.265 e. The van der Waals surface area contributed by atoms with E-state index < -0.39 is 0 Å². The van der Waals surface area contributed by atoms with Crippen LogP contribution in [-0.4, -0.2) is 46.7 Å². The Hall–Kier alpha value is -0.990. The van der Waals surface area contributed by atoms with Crippen LogP contribution in [-0.2, 0) is 0 Å². The Morgan fingerprint density at radius 1 is 1.63 bits per heavy atom. The Labute approximate surface area is 121 Å². The summed E-state index contributed by atoms with van der Waals surface area (Å²) >= 11 is 2.74. The number of amides is 1. The molecule has 0 radical (unpaired) electrons. The number of aromatic nitrogens is 1. The second-order valence-electron chi connectivity index (χ2n) is 3.98. The van der Waals surface area contributed by atoms with Crippen LogP contribution in [0.25, 0.3) is 0 Å². The van der Waals surface area contributed by atoms with Gasteiger partial charge in [0.25, 0.3) is 5.91 Å². The molecule has 19 heavy (non-hydrogen) atoms. The van der Waals surface area contributed by atoms with Gasteiger partial charge in [0.1, 0.15) is 10.7 Å². The van der Waals surface area contributed by atoms with Gasteiger partial charge in [-0.15, -0.1) is 0 Å². The molecule has 0 saturated heterocycles. The van der Waals surface area contributed by atoms with Gasteiger partial charge in [-0.25, -0.2) is 4.98 Å². The number of hydrogen-bond acceptors (Lipinski definition) is 7. The molecule has 0 aromatic carbocycles. The Balaban J connectivity index is 2.72. The molecule has 1 heterocycles. The van der Waals surface area contributed by atoms with Gasteiger partial charge < -0.3 is 21.5 Å². The van der Waals surface area contributed by atoms with Gasteiger partial charge in [0, 0.05) is 17.8 Å². The third-order valence-electron chi connectivity index (χ3n) is 2.59. The highest BCUT2D eigenvalue weighted by molar-refractivity contribution is 7.99. The summed E-state index contributed by atoms with van der Waals surface area (Å²) in [5, 5.41) is 15.7. The zero-order valence-corrected chi connectivity index (χ0v) is 12.9. The van der Waals surface area contributed by atoms with Crippen LogP contribution in [0.4, 0.5) is 10.9 Å². The van der Waals surface area contributed by atoms with Crippen LogP contribution in [0.3, 0.4) is 0 Å². The molecule has 1 aromatic heterocycles. The van der Waals surface area contributed by atoms with E-state index in [4.69, 9.17) is 5.73 Å². The molecular formula is C11H20N4O2S2. The smallest absolute Gasteiger partial charge is 0.265 e. The van der Waals surface area contributed by atoms with Crippen molar-refractivity contribution < 1.29 is 9.90 Å². The van der Waals surface area contributed by atoms with E-state index in [-0.39, 0.29) is 29.6 Å². The van der Waals surface area contributed by atoms with Gasteiger partial charge in [-0.2, -0.15) is 11.8 Å². The van der Waals surface area contributed by atoms with Gasteiger partial charge in [0.05, 0.1) is 6.61 Å². The SMILES string of the molecule is CCNc1nc(N)c(C(=O)NC(C)C(CO)SC)s1. The maximum absolute atomic E-state index is 12.1. The summed E-state index contributed by atoms with van der Waals surface area (Å²) in [6.45, 7) is 4.55. The Bertz CT molecular complexity index is 421. The van der Waals surface area contributed by atoms with Crippen molar-refractivity contribution in [1.29, 1.82) is 0 Å². The van der Waals surface area contributed by atoms with E-state index in [1.54, 1.807) is 0 Å². The van der Waals surface area contributed by atoms with Gasteiger partial charge in [-0.05, 0) is 20.1 Å². The van der Waals surface area contributed by atoms with E-state index in [9.17, 15) is 9.90 Å². The van der Waals surface area contributed by atoms with Gasteiger partial charge in [0.15, 0.2) is 5.13 Å². The largest absolute Gasteiger partial charge is 0.395 e. The lowest BCUT2D eigenvalue weighted by atomic mass is 10.2. The van der Waals surface area contributed by atoms with Crippen molar-refractivity contribution in [2.75, 3.05) is 30.5 Å². The minimum Gasteiger partial charge on any atom is -0.395 e. The number of aliphatic hydroxyl groups excluding tert-OH is 1. The summed E-state index contributed by atoms with van der Waals surface area (Å²) in [7, 11) is 0. The number of hydrogen-bond donors (Lipinski definition) is 4. The average molecular weight is 304 g/mol. The average Bonchev–Trinajstić information content (AvgIpc) is 2.72. The lowest BCUT2D eigenvalue weighted by Gasteiger charge is -2.20. The Morgan fingerprint density at radius 3 is 2.84 bits per heavy atom. The first kappa shape index (κ1) is 16.1. The molecule has 5 N–H and O–H groups in total. The van der Waals surface area contributed by atoms with Crippen molar-refractivity contribution in [3.05, 3.63) is 4.88 Å². The Morgan fingerprint density at radius 2 is 2.32 bits per heavy atom. The monoisotopic (exact) mass is 304 g/mol. The molecule has 2 unspecified atom stereocenters. The van der Waals surface area contributed by atoms with Gasteiger partial charge in [-0.1, -0.05) is 11.3 Å². The van der Waals surface area contributed by atoms with Gasteiger partial charge >= 0.3 is 0 Å². The number of nitrogen functional groups attached to an aromatic ring is 1. The van der Waals surface area contributed by atoms with Crippen molar-refractivity contribution in [3.63, 3.8) is 0 Å². The highest BCUT2D eigenvalue weighted by Crippen LogP contribution is 2.25. The maximum atomic E-state index is 12.1. The molecule has 1 rings (SSSR count). The van der Waals surface area contributed by atoms with Crippen LogP contribution >= 0.6 is 23.1 Å². The van der Waals surface area contributed by atoms with E-state index in [0.717, 1.165) is 6.54 Å². The summed E-state index contributed by atoms with van der Waals surface area (Å²) in [6.07, 6.45) is 1.90. The minimum absolute atomic E-state index is 0.0173. The van der Waals surface area contributed by atoms with Crippen LogP contribution in [0.1, 0.15) is 23.5 Å². The molecule has 8 heteroatoms. The fraction of sp³-hybridized carbons (Fsp3) is 0.636. The van der Waals surface area contributed by atoms with Crippen LogP contribution in [0.5, 0.6) is 0 Å². The van der Waals surface area contributed by atoms with Crippen molar-refractivity contribution >= 4 is 40.0 Å². The summed E-state index contributed by atoms with van der Waals surface area (Å²) in [6, 6.07) is -0.142. The molecule has 0 fully saturated rings. The fourth-order valence-corrected chi connectivity index (χ4v) is 3.00. The van der Waals surface area contributed by atoms with Crippen LogP contribution in [0.2, 0.25) is 0 Å². The fourth-order valence-electron chi connectivity index (χ4n) is 1.52. The number of nitrogens with zero attached hydrogens (tertiary/aromatic N) is 1. The third-order valence-corrected chi connectivity index (χ3v) is 4.78. The molecule has 0 spiro atoms. The van der Waals surface area contributed by atoms with Crippen LogP contribution < -0.4 is 16.4 Å². The van der Waals surface area contributed by atoms with Crippen molar-refractivity contribution in [2.45, 2.75) is 25.1 Å². The number of aliphatic hydroxyl groups is 1. The predicted molar refractivity (Wildman–Crippen MR) is 82.0 cm³/mol. The van der Waals surface area contributed by atoms with Crippen LogP contribution in [0, 0.1) is 0 Å². The van der Waals surface area contributed by atoms with E-state index in [1.165, 1.54) is 23.1 Å². The number of carbonyl (C=O) groups excluding carboxylic acids is 1. The highest BCUT2D eigenvalue weighted by Gasteiger charge is 2.21. The second-order valence-corrected chi connectivity index (χ2v) is 6.06. The van der Waals surface area contributed by atoms with E-state index in [0.29, 0.717) is 10.0 Å². The lowest BCUT2D eigenvalue weighted by molar-refractivity contribution is 0.0940. The molecule has 1 aromatic rings. The Kier molecular flexibility index (Phi) is 6.40. The summed E-state index contributed by atoms with van der Waals surface area (Å²) < 4.78 is 0. The number of anilines is 2. The molecule has 108 valence electrons. The summed E-state index contributed by atoms with van der Waals surface area (Å²) in [5.74, 6) is -0.0190. The minimum atomic E-state index is -0.251. The molecule has 0 bridgehead atoms. The molecule has 2 atom stereocenters. The number of nitrogens with one attached hydrogen (secondary N) is 2. The summed E-state index contributed by atoms with van der Waals surface area (Å²) in [5.41, 5.74) is 5.73. The topological polar surface area (TPSA) is 100 Å². The van der Waals surface area contributed by atoms with Crippen molar-refractivity contribution in [1.82, 2.24) is 10.3 Å². The molecule has 6 nitrogen and oxygen atoms in total. The first-order chi connectivity index (χ1) is 9.03. The first-order valence-electron chi connectivity index (χ1n) is 5.98. The molecular weight excluding hydrogens is 284 g/mol. The molecule has 0 aliphatic carbocycles. The van der Waals surface area contributed by atoms with E-state index in [2.05, 4.69) is 15.6 Å². The zero-order chi connectivity index (χ0) is 14.4. The molecule has 0 saturated carbocycles. The molecule has 1 amide bonds. The van der Waals surface area contributed by atoms with E-state index >= 15 is 0 Å². The summed E-state index contributed by atoms with van der Waals surface area (Å²) in [4.78, 5) is 16.6. The zero-order valence-electron chi connectivity index (χ0n) is 11.3. The van der Waals surface area contributed by atoms with Gasteiger partial charge in [0.2, 0.25) is 0 Å². The third kappa shape index (κ3) is 4.26. The quantitative estimate of drug-likeness (QED) is 0.599. The number of nitrogens with two attached hydrogens (primary N) is 1. The van der Waals surface area contributed by atoms with Crippen molar-refractivity contribution in [3.8, 4) is 0 Å². The predicted octanol–water partition coefficient (Wildman–Crippen LogP) is 0.999.